The molecular weight excluding hydrogens is 316 g/mol. The van der Waals surface area contributed by atoms with Crippen LogP contribution in [0, 0.1) is 5.92 Å². The molecule has 2 aromatic rings. The zero-order valence-corrected chi connectivity index (χ0v) is 14.3. The van der Waals surface area contributed by atoms with Crippen molar-refractivity contribution in [3.05, 3.63) is 66.0 Å². The molecule has 0 bridgehead atoms. The molecule has 0 spiro atoms. The molecule has 0 saturated heterocycles. The van der Waals surface area contributed by atoms with Crippen LogP contribution in [0.1, 0.15) is 30.5 Å². The van der Waals surface area contributed by atoms with Gasteiger partial charge in [-0.25, -0.2) is 4.79 Å². The third-order valence-electron chi connectivity index (χ3n) is 4.41. The number of rotatable bonds is 6. The maximum Gasteiger partial charge on any atom is 0.315 e. The van der Waals surface area contributed by atoms with E-state index in [-0.39, 0.29) is 30.6 Å². The van der Waals surface area contributed by atoms with Crippen LogP contribution < -0.4 is 10.6 Å². The molecule has 0 radical (unpaired) electrons. The fourth-order valence-corrected chi connectivity index (χ4v) is 2.97. The van der Waals surface area contributed by atoms with Gasteiger partial charge in [0.05, 0.1) is 18.8 Å². The van der Waals surface area contributed by atoms with Crippen molar-refractivity contribution < 1.29 is 9.90 Å². The van der Waals surface area contributed by atoms with E-state index in [1.54, 1.807) is 6.20 Å². The lowest BCUT2D eigenvalue weighted by Crippen LogP contribution is -2.41. The van der Waals surface area contributed by atoms with Gasteiger partial charge in [0, 0.05) is 30.3 Å². The molecule has 1 heterocycles. The van der Waals surface area contributed by atoms with Crippen molar-refractivity contribution in [2.24, 2.45) is 5.92 Å². The molecule has 0 saturated carbocycles. The Bertz CT molecular complexity index is 726. The summed E-state index contributed by atoms with van der Waals surface area (Å²) < 4.78 is 1.87. The molecule has 0 fully saturated rings. The van der Waals surface area contributed by atoms with Gasteiger partial charge < -0.3 is 15.7 Å². The molecule has 3 atom stereocenters. The highest BCUT2D eigenvalue weighted by Gasteiger charge is 2.20. The normalized spacial score (nSPS) is 20.4. The van der Waals surface area contributed by atoms with Crippen LogP contribution in [0.3, 0.4) is 0 Å². The lowest BCUT2D eigenvalue weighted by Gasteiger charge is -2.17. The van der Waals surface area contributed by atoms with Crippen LogP contribution in [-0.4, -0.2) is 33.6 Å². The second-order valence-corrected chi connectivity index (χ2v) is 6.47. The molecule has 25 heavy (non-hydrogen) atoms. The number of amides is 2. The van der Waals surface area contributed by atoms with Crippen LogP contribution >= 0.6 is 0 Å². The fraction of sp³-hybridized carbons (Fsp3) is 0.368. The van der Waals surface area contributed by atoms with Gasteiger partial charge in [0.1, 0.15) is 0 Å². The average molecular weight is 340 g/mol. The van der Waals surface area contributed by atoms with E-state index in [9.17, 15) is 4.79 Å². The maximum absolute atomic E-state index is 12.1. The molecule has 6 heteroatoms. The molecule has 6 nitrogen and oxygen atoms in total. The Morgan fingerprint density at radius 3 is 2.88 bits per heavy atom. The predicted molar refractivity (Wildman–Crippen MR) is 96.0 cm³/mol. The summed E-state index contributed by atoms with van der Waals surface area (Å²) in [4.78, 5) is 12.1. The SMILES string of the molecule is CC(NC(=O)N[C@@H]1C=C[C@H](CO)C1)c1cnn(Cc2ccccc2)c1. The Morgan fingerprint density at radius 1 is 1.36 bits per heavy atom. The number of nitrogens with one attached hydrogen (secondary N) is 2. The van der Waals surface area contributed by atoms with E-state index in [1.165, 1.54) is 5.56 Å². The van der Waals surface area contributed by atoms with E-state index in [2.05, 4.69) is 27.9 Å². The number of aliphatic hydroxyl groups is 1. The van der Waals surface area contributed by atoms with Crippen LogP contribution in [-0.2, 0) is 6.54 Å². The largest absolute Gasteiger partial charge is 0.396 e. The number of carbonyl (C=O) groups is 1. The van der Waals surface area contributed by atoms with Gasteiger partial charge in [-0.05, 0) is 18.9 Å². The van der Waals surface area contributed by atoms with Gasteiger partial charge in [0.25, 0.3) is 0 Å². The first-order valence-corrected chi connectivity index (χ1v) is 8.56. The standard InChI is InChI=1S/C19H24N4O2/c1-14(21-19(25)22-18-8-7-16(9-18)13-24)17-10-20-23(12-17)11-15-5-3-2-4-6-15/h2-8,10,12,14,16,18,24H,9,11,13H2,1H3,(H2,21,22,25)/t14?,16-,18+/m0/s1. The Hall–Kier alpha value is -2.60. The fourth-order valence-electron chi connectivity index (χ4n) is 2.97. The second-order valence-electron chi connectivity index (χ2n) is 6.47. The molecule has 132 valence electrons. The smallest absolute Gasteiger partial charge is 0.315 e. The summed E-state index contributed by atoms with van der Waals surface area (Å²) in [5.41, 5.74) is 2.14. The van der Waals surface area contributed by atoms with Gasteiger partial charge in [-0.2, -0.15) is 5.10 Å². The van der Waals surface area contributed by atoms with Gasteiger partial charge >= 0.3 is 6.03 Å². The van der Waals surface area contributed by atoms with Crippen molar-refractivity contribution in [1.82, 2.24) is 20.4 Å². The first-order valence-electron chi connectivity index (χ1n) is 8.56. The van der Waals surface area contributed by atoms with Crippen molar-refractivity contribution >= 4 is 6.03 Å². The number of urea groups is 1. The number of aliphatic hydroxyl groups excluding tert-OH is 1. The molecule has 3 rings (SSSR count). The van der Waals surface area contributed by atoms with Crippen molar-refractivity contribution in [3.8, 4) is 0 Å². The van der Waals surface area contributed by atoms with Crippen molar-refractivity contribution in [2.75, 3.05) is 6.61 Å². The lowest BCUT2D eigenvalue weighted by atomic mass is 10.1. The third kappa shape index (κ3) is 4.70. The third-order valence-corrected chi connectivity index (χ3v) is 4.41. The molecule has 1 aromatic carbocycles. The maximum atomic E-state index is 12.1. The van der Waals surface area contributed by atoms with E-state index < -0.39 is 0 Å². The van der Waals surface area contributed by atoms with E-state index in [4.69, 9.17) is 5.11 Å². The first kappa shape index (κ1) is 17.2. The summed E-state index contributed by atoms with van der Waals surface area (Å²) in [6.45, 7) is 2.76. The highest BCUT2D eigenvalue weighted by atomic mass is 16.3. The molecule has 2 amide bonds. The molecular formula is C19H24N4O2. The summed E-state index contributed by atoms with van der Waals surface area (Å²) in [5, 5.41) is 19.3. The molecule has 0 aliphatic heterocycles. The zero-order chi connectivity index (χ0) is 17.6. The lowest BCUT2D eigenvalue weighted by molar-refractivity contribution is 0.229. The summed E-state index contributed by atoms with van der Waals surface area (Å²) in [7, 11) is 0. The number of nitrogens with zero attached hydrogens (tertiary/aromatic N) is 2. The summed E-state index contributed by atoms with van der Waals surface area (Å²) in [5.74, 6) is 0.138. The Kier molecular flexibility index (Phi) is 5.50. The minimum absolute atomic E-state index is 0.0230. The van der Waals surface area contributed by atoms with Crippen LogP contribution in [0.5, 0.6) is 0 Å². The number of hydrogen-bond donors (Lipinski definition) is 3. The summed E-state index contributed by atoms with van der Waals surface area (Å²) >= 11 is 0. The first-order chi connectivity index (χ1) is 12.1. The van der Waals surface area contributed by atoms with Crippen molar-refractivity contribution in [2.45, 2.75) is 32.0 Å². The van der Waals surface area contributed by atoms with Crippen LogP contribution in [0.25, 0.3) is 0 Å². The van der Waals surface area contributed by atoms with Gasteiger partial charge in [-0.15, -0.1) is 0 Å². The van der Waals surface area contributed by atoms with Gasteiger partial charge in [-0.1, -0.05) is 42.5 Å². The van der Waals surface area contributed by atoms with Crippen LogP contribution in [0.2, 0.25) is 0 Å². The summed E-state index contributed by atoms with van der Waals surface area (Å²) in [6.07, 6.45) is 8.36. The molecule has 1 aliphatic rings. The van der Waals surface area contributed by atoms with Gasteiger partial charge in [0.15, 0.2) is 0 Å². The van der Waals surface area contributed by atoms with E-state index >= 15 is 0 Å². The number of benzene rings is 1. The minimum Gasteiger partial charge on any atom is -0.396 e. The molecule has 1 aromatic heterocycles. The monoisotopic (exact) mass is 340 g/mol. The highest BCUT2D eigenvalue weighted by Crippen LogP contribution is 2.17. The minimum atomic E-state index is -0.212. The number of carbonyl (C=O) groups excluding carboxylic acids is 1. The Balaban J connectivity index is 1.50. The second kappa shape index (κ2) is 7.98. The van der Waals surface area contributed by atoms with Crippen molar-refractivity contribution in [3.63, 3.8) is 0 Å². The summed E-state index contributed by atoms with van der Waals surface area (Å²) in [6, 6.07) is 9.76. The highest BCUT2D eigenvalue weighted by molar-refractivity contribution is 5.75. The number of hydrogen-bond acceptors (Lipinski definition) is 3. The quantitative estimate of drug-likeness (QED) is 0.706. The van der Waals surface area contributed by atoms with E-state index in [1.807, 2.05) is 48.2 Å². The average Bonchev–Trinajstić information content (AvgIpc) is 3.25. The van der Waals surface area contributed by atoms with E-state index in [0.717, 1.165) is 12.0 Å². The Morgan fingerprint density at radius 2 is 2.16 bits per heavy atom. The Labute approximate surface area is 147 Å². The van der Waals surface area contributed by atoms with Crippen LogP contribution in [0.15, 0.2) is 54.9 Å². The molecule has 1 aliphatic carbocycles. The topological polar surface area (TPSA) is 79.2 Å². The van der Waals surface area contributed by atoms with E-state index in [0.29, 0.717) is 6.54 Å². The van der Waals surface area contributed by atoms with Crippen LogP contribution in [0.4, 0.5) is 4.79 Å². The predicted octanol–water partition coefficient (Wildman–Crippen LogP) is 2.23. The van der Waals surface area contributed by atoms with Gasteiger partial charge in [0.2, 0.25) is 0 Å². The molecule has 1 unspecified atom stereocenters. The number of aromatic nitrogens is 2. The molecule has 3 N–H and O–H groups in total. The zero-order valence-electron chi connectivity index (χ0n) is 14.3. The van der Waals surface area contributed by atoms with Gasteiger partial charge in [-0.3, -0.25) is 4.68 Å². The van der Waals surface area contributed by atoms with Crippen molar-refractivity contribution in [1.29, 1.82) is 0 Å².